The second kappa shape index (κ2) is 5.69. The Bertz CT molecular complexity index is 766. The first-order chi connectivity index (χ1) is 9.56. The molecule has 20 heavy (non-hydrogen) atoms. The van der Waals surface area contributed by atoms with Crippen molar-refractivity contribution in [3.8, 4) is 6.07 Å². The van der Waals surface area contributed by atoms with E-state index in [0.29, 0.717) is 12.2 Å². The first kappa shape index (κ1) is 14.0. The largest absolute Gasteiger partial charge is 0.326 e. The normalized spacial score (nSPS) is 10.8. The van der Waals surface area contributed by atoms with Crippen LogP contribution in [0, 0.1) is 11.3 Å². The molecule has 1 aromatic heterocycles. The summed E-state index contributed by atoms with van der Waals surface area (Å²) in [7, 11) is -3.86. The molecule has 3 N–H and O–H groups in total. The van der Waals surface area contributed by atoms with Crippen LogP contribution < -0.4 is 10.5 Å². The summed E-state index contributed by atoms with van der Waals surface area (Å²) in [4.78, 5) is 3.59. The average Bonchev–Trinajstić information content (AvgIpc) is 2.47. The van der Waals surface area contributed by atoms with Crippen LogP contribution in [0.2, 0.25) is 0 Å². The molecule has 1 aromatic carbocycles. The van der Waals surface area contributed by atoms with Crippen LogP contribution in [0.1, 0.15) is 11.3 Å². The lowest BCUT2D eigenvalue weighted by atomic mass is 10.2. The van der Waals surface area contributed by atoms with E-state index in [1.807, 2.05) is 0 Å². The minimum atomic E-state index is -3.86. The van der Waals surface area contributed by atoms with Crippen LogP contribution in [0.15, 0.2) is 47.5 Å². The molecule has 102 valence electrons. The zero-order valence-corrected chi connectivity index (χ0v) is 11.3. The zero-order valence-electron chi connectivity index (χ0n) is 10.4. The molecule has 0 bridgehead atoms. The van der Waals surface area contributed by atoms with E-state index in [0.717, 1.165) is 5.56 Å². The van der Waals surface area contributed by atoms with Gasteiger partial charge in [-0.15, -0.1) is 0 Å². The van der Waals surface area contributed by atoms with Crippen LogP contribution in [-0.4, -0.2) is 13.4 Å². The lowest BCUT2D eigenvalue weighted by Gasteiger charge is -2.09. The van der Waals surface area contributed by atoms with Gasteiger partial charge in [-0.05, 0) is 29.8 Å². The Hall–Kier alpha value is -2.43. The Kier molecular flexibility index (Phi) is 3.98. The molecule has 7 heteroatoms. The lowest BCUT2D eigenvalue weighted by Crippen LogP contribution is -2.15. The summed E-state index contributed by atoms with van der Waals surface area (Å²) in [5.74, 6) is 0. The molecule has 0 aliphatic carbocycles. The first-order valence-electron chi connectivity index (χ1n) is 5.74. The van der Waals surface area contributed by atoms with E-state index in [4.69, 9.17) is 11.0 Å². The van der Waals surface area contributed by atoms with Crippen molar-refractivity contribution in [1.82, 2.24) is 4.98 Å². The molecule has 1 heterocycles. The van der Waals surface area contributed by atoms with Gasteiger partial charge in [0.05, 0.1) is 0 Å². The number of nitrogens with zero attached hydrogens (tertiary/aromatic N) is 2. The van der Waals surface area contributed by atoms with Gasteiger partial charge in [0, 0.05) is 18.4 Å². The van der Waals surface area contributed by atoms with Gasteiger partial charge in [0.2, 0.25) is 0 Å². The number of hydrogen-bond donors (Lipinski definition) is 2. The monoisotopic (exact) mass is 288 g/mol. The number of hydrogen-bond acceptors (Lipinski definition) is 5. The fourth-order valence-electron chi connectivity index (χ4n) is 1.66. The predicted octanol–water partition coefficient (Wildman–Crippen LogP) is 1.21. The van der Waals surface area contributed by atoms with E-state index in [9.17, 15) is 8.42 Å². The van der Waals surface area contributed by atoms with E-state index >= 15 is 0 Å². The highest BCUT2D eigenvalue weighted by molar-refractivity contribution is 7.92. The summed E-state index contributed by atoms with van der Waals surface area (Å²) in [6.45, 7) is 0.311. The van der Waals surface area contributed by atoms with E-state index in [1.54, 1.807) is 30.3 Å². The topological polar surface area (TPSA) is 109 Å². The number of benzene rings is 1. The van der Waals surface area contributed by atoms with Crippen LogP contribution in [0.3, 0.4) is 0 Å². The van der Waals surface area contributed by atoms with Gasteiger partial charge in [-0.25, -0.2) is 13.4 Å². The van der Waals surface area contributed by atoms with Crippen LogP contribution in [0.4, 0.5) is 5.69 Å². The average molecular weight is 288 g/mol. The maximum Gasteiger partial charge on any atom is 0.264 e. The Labute approximate surface area is 116 Å². The SMILES string of the molecule is N#Cc1ncccc1S(=O)(=O)Nc1cccc(CN)c1. The van der Waals surface area contributed by atoms with Gasteiger partial charge in [0.15, 0.2) is 5.69 Å². The molecule has 6 nitrogen and oxygen atoms in total. The van der Waals surface area contributed by atoms with E-state index in [1.165, 1.54) is 18.3 Å². The summed E-state index contributed by atoms with van der Waals surface area (Å²) in [6.07, 6.45) is 1.37. The summed E-state index contributed by atoms with van der Waals surface area (Å²) in [5.41, 5.74) is 6.56. The molecule has 0 aliphatic heterocycles. The lowest BCUT2D eigenvalue weighted by molar-refractivity contribution is 0.600. The molecule has 0 spiro atoms. The van der Waals surface area contributed by atoms with Crippen molar-refractivity contribution in [2.75, 3.05) is 4.72 Å². The smallest absolute Gasteiger partial charge is 0.264 e. The van der Waals surface area contributed by atoms with E-state index in [-0.39, 0.29) is 10.6 Å². The summed E-state index contributed by atoms with van der Waals surface area (Å²) < 4.78 is 26.9. The molecule has 0 unspecified atom stereocenters. The van der Waals surface area contributed by atoms with Gasteiger partial charge in [0.25, 0.3) is 10.0 Å². The molecular weight excluding hydrogens is 276 g/mol. The summed E-state index contributed by atoms with van der Waals surface area (Å²) in [5, 5.41) is 8.91. The highest BCUT2D eigenvalue weighted by Crippen LogP contribution is 2.18. The fraction of sp³-hybridized carbons (Fsp3) is 0.0769. The van der Waals surface area contributed by atoms with Gasteiger partial charge in [0.1, 0.15) is 11.0 Å². The molecule has 0 saturated carbocycles. The van der Waals surface area contributed by atoms with Crippen molar-refractivity contribution in [1.29, 1.82) is 5.26 Å². The number of pyridine rings is 1. The van der Waals surface area contributed by atoms with Crippen molar-refractivity contribution in [3.63, 3.8) is 0 Å². The second-order valence-electron chi connectivity index (χ2n) is 3.97. The van der Waals surface area contributed by atoms with Crippen LogP contribution in [0.5, 0.6) is 0 Å². The third kappa shape index (κ3) is 2.93. The molecule has 0 atom stereocenters. The van der Waals surface area contributed by atoms with Gasteiger partial charge in [-0.2, -0.15) is 5.26 Å². The fourth-order valence-corrected chi connectivity index (χ4v) is 2.82. The van der Waals surface area contributed by atoms with Gasteiger partial charge in [-0.3, -0.25) is 4.72 Å². The number of aromatic nitrogens is 1. The minimum Gasteiger partial charge on any atom is -0.326 e. The first-order valence-corrected chi connectivity index (χ1v) is 7.22. The van der Waals surface area contributed by atoms with Crippen LogP contribution in [-0.2, 0) is 16.6 Å². The van der Waals surface area contributed by atoms with E-state index < -0.39 is 10.0 Å². The Morgan fingerprint density at radius 1 is 1.30 bits per heavy atom. The molecule has 0 aliphatic rings. The summed E-state index contributed by atoms with van der Waals surface area (Å²) >= 11 is 0. The molecular formula is C13H12N4O2S. The number of nitrogens with one attached hydrogen (secondary N) is 1. The molecule has 0 saturated heterocycles. The third-order valence-electron chi connectivity index (χ3n) is 2.58. The van der Waals surface area contributed by atoms with Crippen molar-refractivity contribution in [3.05, 3.63) is 53.9 Å². The predicted molar refractivity (Wildman–Crippen MR) is 74.1 cm³/mol. The number of sulfonamides is 1. The molecule has 0 radical (unpaired) electrons. The third-order valence-corrected chi connectivity index (χ3v) is 3.99. The quantitative estimate of drug-likeness (QED) is 0.879. The molecule has 2 rings (SSSR count). The summed E-state index contributed by atoms with van der Waals surface area (Å²) in [6, 6.07) is 11.3. The Morgan fingerprint density at radius 2 is 2.10 bits per heavy atom. The maximum atomic E-state index is 12.2. The van der Waals surface area contributed by atoms with Crippen LogP contribution in [0.25, 0.3) is 0 Å². The van der Waals surface area contributed by atoms with Gasteiger partial charge >= 0.3 is 0 Å². The maximum absolute atomic E-state index is 12.2. The number of anilines is 1. The highest BCUT2D eigenvalue weighted by Gasteiger charge is 2.19. The molecule has 0 amide bonds. The standard InChI is InChI=1S/C13H12N4O2S/c14-8-10-3-1-4-11(7-10)17-20(18,19)13-5-2-6-16-12(13)9-15/h1-7,17H,8,14H2. The van der Waals surface area contributed by atoms with Gasteiger partial charge < -0.3 is 5.73 Å². The Morgan fingerprint density at radius 3 is 2.80 bits per heavy atom. The molecule has 0 fully saturated rings. The van der Waals surface area contributed by atoms with Gasteiger partial charge in [-0.1, -0.05) is 12.1 Å². The minimum absolute atomic E-state index is 0.144. The van der Waals surface area contributed by atoms with Crippen molar-refractivity contribution in [2.24, 2.45) is 5.73 Å². The number of nitrogens with two attached hydrogens (primary N) is 1. The van der Waals surface area contributed by atoms with Crippen molar-refractivity contribution < 1.29 is 8.42 Å². The van der Waals surface area contributed by atoms with Crippen molar-refractivity contribution >= 4 is 15.7 Å². The highest BCUT2D eigenvalue weighted by atomic mass is 32.2. The van der Waals surface area contributed by atoms with Crippen LogP contribution >= 0.6 is 0 Å². The second-order valence-corrected chi connectivity index (χ2v) is 5.62. The van der Waals surface area contributed by atoms with E-state index in [2.05, 4.69) is 9.71 Å². The zero-order chi connectivity index (χ0) is 14.6. The number of rotatable bonds is 4. The molecule has 2 aromatic rings. The Balaban J connectivity index is 2.39. The number of nitriles is 1. The van der Waals surface area contributed by atoms with Crippen molar-refractivity contribution in [2.45, 2.75) is 11.4 Å².